The third-order valence-corrected chi connectivity index (χ3v) is 6.88. The zero-order valence-electron chi connectivity index (χ0n) is 22.0. The number of nitrogens with zero attached hydrogens (tertiary/aromatic N) is 1. The van der Waals surface area contributed by atoms with Crippen molar-refractivity contribution in [2.45, 2.75) is 40.3 Å². The molecule has 0 saturated carbocycles. The number of carboxylic acids is 1. The Kier molecular flexibility index (Phi) is 6.32. The molecule has 0 unspecified atom stereocenters. The molecule has 3 N–H and O–H groups in total. The van der Waals surface area contributed by atoms with Gasteiger partial charge in [0.25, 0.3) is 16.8 Å². The van der Waals surface area contributed by atoms with E-state index in [1.165, 1.54) is 6.07 Å². The molecule has 9 nitrogen and oxygen atoms in total. The number of aryl methyl sites for hydroxylation is 1. The van der Waals surface area contributed by atoms with Crippen LogP contribution in [0.5, 0.6) is 0 Å². The number of hydrogen-bond donors (Lipinski definition) is 3. The monoisotopic (exact) mass is 549 g/mol. The number of nitrogens with one attached hydrogen (secondary N) is 2. The first-order valence-corrected chi connectivity index (χ1v) is 12.4. The van der Waals surface area contributed by atoms with Crippen molar-refractivity contribution < 1.29 is 27.9 Å². The summed E-state index contributed by atoms with van der Waals surface area (Å²) in [5.41, 5.74) is -2.93. The average molecular weight is 550 g/mol. The maximum atomic E-state index is 14.9. The van der Waals surface area contributed by atoms with Gasteiger partial charge in [-0.1, -0.05) is 20.8 Å². The molecule has 2 heterocycles. The summed E-state index contributed by atoms with van der Waals surface area (Å²) in [4.78, 5) is 51.4. The summed E-state index contributed by atoms with van der Waals surface area (Å²) in [6.07, 6.45) is 0. The number of amides is 1. The minimum atomic E-state index is -1.39. The van der Waals surface area contributed by atoms with Gasteiger partial charge in [0.05, 0.1) is 35.1 Å². The quantitative estimate of drug-likeness (QED) is 0.266. The highest BCUT2D eigenvalue weighted by Crippen LogP contribution is 2.40. The van der Waals surface area contributed by atoms with Gasteiger partial charge in [-0.2, -0.15) is 0 Å². The summed E-state index contributed by atoms with van der Waals surface area (Å²) in [7, 11) is 0. The van der Waals surface area contributed by atoms with Crippen LogP contribution in [0, 0.1) is 24.0 Å². The number of carbonyl (C=O) groups excluding carboxylic acids is 1. The molecule has 5 rings (SSSR count). The Morgan fingerprint density at radius 1 is 1.02 bits per heavy atom. The van der Waals surface area contributed by atoms with Gasteiger partial charge in [-0.05, 0) is 54.8 Å². The number of halogens is 2. The fraction of sp³-hybridized carbons (Fsp3) is 0.241. The molecule has 11 heteroatoms. The minimum Gasteiger partial charge on any atom is -0.478 e. The Morgan fingerprint density at radius 3 is 2.35 bits per heavy atom. The highest BCUT2D eigenvalue weighted by Gasteiger charge is 2.37. The van der Waals surface area contributed by atoms with Crippen LogP contribution in [0.15, 0.2) is 56.5 Å². The molecule has 0 fully saturated rings. The first-order valence-electron chi connectivity index (χ1n) is 12.4. The summed E-state index contributed by atoms with van der Waals surface area (Å²) in [5, 5.41) is 15.5. The second kappa shape index (κ2) is 9.44. The number of rotatable bonds is 7. The van der Waals surface area contributed by atoms with E-state index < -0.39 is 45.8 Å². The van der Waals surface area contributed by atoms with E-state index in [-0.39, 0.29) is 46.0 Å². The summed E-state index contributed by atoms with van der Waals surface area (Å²) in [6, 6.07) is 8.25. The molecule has 1 aromatic heterocycles. The minimum absolute atomic E-state index is 0.0161. The van der Waals surface area contributed by atoms with Gasteiger partial charge in [-0.3, -0.25) is 14.4 Å². The maximum absolute atomic E-state index is 14.9. The van der Waals surface area contributed by atoms with Crippen molar-refractivity contribution in [3.63, 3.8) is 0 Å². The van der Waals surface area contributed by atoms with Crippen LogP contribution in [0.3, 0.4) is 0 Å². The number of carbonyl (C=O) groups is 2. The molecule has 40 heavy (non-hydrogen) atoms. The number of furan rings is 1. The van der Waals surface area contributed by atoms with E-state index in [9.17, 15) is 33.1 Å². The van der Waals surface area contributed by atoms with Crippen molar-refractivity contribution in [3.05, 3.63) is 103 Å². The van der Waals surface area contributed by atoms with E-state index in [4.69, 9.17) is 4.42 Å². The Hall–Kier alpha value is -4.80. The van der Waals surface area contributed by atoms with Gasteiger partial charge >= 0.3 is 5.97 Å². The molecule has 0 aliphatic carbocycles. The molecule has 0 bridgehead atoms. The highest BCUT2D eigenvalue weighted by molar-refractivity contribution is 6.15. The molecule has 1 aliphatic rings. The first kappa shape index (κ1) is 26.8. The van der Waals surface area contributed by atoms with E-state index in [0.717, 1.165) is 29.2 Å². The Bertz CT molecular complexity index is 1760. The van der Waals surface area contributed by atoms with E-state index in [1.807, 2.05) is 20.8 Å². The van der Waals surface area contributed by atoms with Crippen molar-refractivity contribution in [2.75, 3.05) is 15.5 Å². The van der Waals surface area contributed by atoms with Crippen molar-refractivity contribution in [3.8, 4) is 0 Å². The van der Waals surface area contributed by atoms with Crippen molar-refractivity contribution >= 4 is 34.6 Å². The number of aromatic carboxylic acids is 1. The molecule has 0 saturated heterocycles. The van der Waals surface area contributed by atoms with Crippen LogP contribution in [0.2, 0.25) is 0 Å². The van der Waals surface area contributed by atoms with Crippen LogP contribution in [-0.4, -0.2) is 17.0 Å². The Morgan fingerprint density at radius 2 is 1.73 bits per heavy atom. The van der Waals surface area contributed by atoms with Crippen LogP contribution in [0.4, 0.5) is 31.5 Å². The van der Waals surface area contributed by atoms with Gasteiger partial charge in [-0.25, -0.2) is 13.6 Å². The Labute approximate surface area is 226 Å². The van der Waals surface area contributed by atoms with Crippen molar-refractivity contribution in [1.82, 2.24) is 0 Å². The second-order valence-electron chi connectivity index (χ2n) is 10.7. The van der Waals surface area contributed by atoms with Gasteiger partial charge in [0.2, 0.25) is 0 Å². The third-order valence-electron chi connectivity index (χ3n) is 6.88. The topological polar surface area (TPSA) is 129 Å². The summed E-state index contributed by atoms with van der Waals surface area (Å²) in [5.74, 6) is -2.48. The van der Waals surface area contributed by atoms with Crippen LogP contribution in [0.25, 0.3) is 0 Å². The van der Waals surface area contributed by atoms with Gasteiger partial charge < -0.3 is 25.1 Å². The molecular formula is C29H25F2N3O6. The average Bonchev–Trinajstić information content (AvgIpc) is 3.47. The van der Waals surface area contributed by atoms with E-state index in [2.05, 4.69) is 10.6 Å². The fourth-order valence-electron chi connectivity index (χ4n) is 4.84. The number of benzene rings is 2. The van der Waals surface area contributed by atoms with Crippen LogP contribution in [-0.2, 0) is 6.54 Å². The van der Waals surface area contributed by atoms with Gasteiger partial charge in [0, 0.05) is 5.56 Å². The molecule has 1 amide bonds. The normalized spacial score (nSPS) is 13.9. The largest absolute Gasteiger partial charge is 0.478 e. The lowest BCUT2D eigenvalue weighted by molar-refractivity contribution is 0.0697. The summed E-state index contributed by atoms with van der Waals surface area (Å²) in [6.45, 7) is 7.21. The zero-order chi connectivity index (χ0) is 29.1. The predicted octanol–water partition coefficient (Wildman–Crippen LogP) is 5.26. The third kappa shape index (κ3) is 4.42. The van der Waals surface area contributed by atoms with Crippen molar-refractivity contribution in [2.24, 2.45) is 5.41 Å². The molecule has 4 aromatic rings. The number of carboxylic acid groups (broad SMARTS) is 1. The van der Waals surface area contributed by atoms with Crippen LogP contribution in [0.1, 0.15) is 64.6 Å². The molecule has 206 valence electrons. The molecule has 0 radical (unpaired) electrons. The van der Waals surface area contributed by atoms with Crippen LogP contribution < -0.4 is 26.4 Å². The molecule has 1 atom stereocenters. The smallest absolute Gasteiger partial charge is 0.337 e. The number of hydrogen-bond acceptors (Lipinski definition) is 7. The maximum Gasteiger partial charge on any atom is 0.337 e. The summed E-state index contributed by atoms with van der Waals surface area (Å²) >= 11 is 0. The Balaban J connectivity index is 1.52. The second-order valence-corrected chi connectivity index (χ2v) is 10.7. The van der Waals surface area contributed by atoms with Crippen LogP contribution >= 0.6 is 0 Å². The van der Waals surface area contributed by atoms with Crippen molar-refractivity contribution in [1.29, 1.82) is 0 Å². The molecular weight excluding hydrogens is 524 g/mol. The van der Waals surface area contributed by atoms with Gasteiger partial charge in [0.15, 0.2) is 0 Å². The molecule has 3 aromatic carbocycles. The first-order chi connectivity index (χ1) is 18.8. The fourth-order valence-corrected chi connectivity index (χ4v) is 4.84. The lowest BCUT2D eigenvalue weighted by Gasteiger charge is -2.31. The highest BCUT2D eigenvalue weighted by atomic mass is 19.1. The number of fused-ring (bicyclic) bond motifs is 1. The standard InChI is InChI=1S/C29H25F2N3O6/c1-13-5-10-20(40-13)26(29(2,3)4)33-23-22(24(35)25(23)36)32-18-9-8-17(31)16-12-34(27(37)21(16)18)19-11-14(30)6-7-15(19)28(38)39/h5-11,26,32-33H,12H2,1-4H3,(H,38,39)/t26-/m0/s1. The van der Waals surface area contributed by atoms with Gasteiger partial charge in [-0.15, -0.1) is 0 Å². The number of anilines is 4. The predicted molar refractivity (Wildman–Crippen MR) is 144 cm³/mol. The van der Waals surface area contributed by atoms with E-state index in [1.54, 1.807) is 19.1 Å². The van der Waals surface area contributed by atoms with E-state index in [0.29, 0.717) is 11.5 Å². The lowest BCUT2D eigenvalue weighted by atomic mass is 9.85. The summed E-state index contributed by atoms with van der Waals surface area (Å²) < 4.78 is 34.7. The van der Waals surface area contributed by atoms with Gasteiger partial charge in [0.1, 0.15) is 34.5 Å². The molecule has 1 aliphatic heterocycles. The van der Waals surface area contributed by atoms with E-state index >= 15 is 0 Å². The zero-order valence-corrected chi connectivity index (χ0v) is 22.0. The lowest BCUT2D eigenvalue weighted by Crippen LogP contribution is -2.39. The SMILES string of the molecule is Cc1ccc([C@H](Nc2c(Nc3ccc(F)c4c3C(=O)N(c3cc(F)ccc3C(=O)O)C4)c(=O)c2=O)C(C)(C)C)o1. The molecule has 0 spiro atoms.